The maximum absolute atomic E-state index is 5.01. The first-order valence-corrected chi connectivity index (χ1v) is 2.66. The molecule has 0 fully saturated rings. The fraction of sp³-hybridized carbons (Fsp3) is 0.571. The maximum Gasteiger partial charge on any atom is 2.00 e. The van der Waals surface area contributed by atoms with Crippen LogP contribution in [0.15, 0.2) is 6.08 Å². The molecule has 0 aliphatic carbocycles. The van der Waals surface area contributed by atoms with Gasteiger partial charge in [0.1, 0.15) is 0 Å². The number of unbranched alkanes of at least 4 members (excludes halogenated alkanes) is 1. The van der Waals surface area contributed by atoms with Crippen molar-refractivity contribution in [1.82, 2.24) is 0 Å². The zero-order valence-electron chi connectivity index (χ0n) is 5.78. The van der Waals surface area contributed by atoms with Crippen molar-refractivity contribution >= 4 is 0 Å². The molecular formula is C7H14U. The largest absolute Gasteiger partial charge is 2.00 e. The van der Waals surface area contributed by atoms with Crippen LogP contribution in [-0.4, -0.2) is 0 Å². The summed E-state index contributed by atoms with van der Waals surface area (Å²) < 4.78 is 0. The van der Waals surface area contributed by atoms with E-state index in [9.17, 15) is 0 Å². The molecular weight excluding hydrogens is 322 g/mol. The Hall–Kier alpha value is 0.792. The Morgan fingerprint density at radius 3 is 1.88 bits per heavy atom. The summed E-state index contributed by atoms with van der Waals surface area (Å²) in [5.74, 6) is 0. The summed E-state index contributed by atoms with van der Waals surface area (Å²) in [6, 6.07) is 0. The van der Waals surface area contributed by atoms with Crippen LogP contribution in [0.4, 0.5) is 0 Å². The molecule has 0 unspecified atom stereocenters. The number of hydrogen-bond donors (Lipinski definition) is 0. The summed E-state index contributed by atoms with van der Waals surface area (Å²) in [5.41, 5.74) is 0. The van der Waals surface area contributed by atoms with Crippen LogP contribution in [0.3, 0.4) is 0 Å². The molecule has 0 aromatic carbocycles. The van der Waals surface area contributed by atoms with Crippen molar-refractivity contribution < 1.29 is 31.1 Å². The normalized spacial score (nSPS) is 5.38. The molecule has 0 saturated heterocycles. The first-order valence-electron chi connectivity index (χ1n) is 2.66. The quantitative estimate of drug-likeness (QED) is 0.680. The van der Waals surface area contributed by atoms with Crippen molar-refractivity contribution in [2.75, 3.05) is 0 Å². The van der Waals surface area contributed by atoms with Gasteiger partial charge < -0.3 is 13.5 Å². The van der Waals surface area contributed by atoms with E-state index in [0.717, 1.165) is 12.8 Å². The summed E-state index contributed by atoms with van der Waals surface area (Å²) in [4.78, 5) is 0. The van der Waals surface area contributed by atoms with Gasteiger partial charge >= 0.3 is 31.1 Å². The minimum absolute atomic E-state index is 0. The van der Waals surface area contributed by atoms with E-state index in [1.165, 1.54) is 0 Å². The molecule has 1 heteroatoms. The summed E-state index contributed by atoms with van der Waals surface area (Å²) in [6.07, 6.45) is 3.89. The molecule has 0 spiro atoms. The Morgan fingerprint density at radius 1 is 1.50 bits per heavy atom. The van der Waals surface area contributed by atoms with Gasteiger partial charge in [-0.1, -0.05) is 19.8 Å². The van der Waals surface area contributed by atoms with Gasteiger partial charge in [0, 0.05) is 0 Å². The molecule has 0 rings (SSSR count). The summed E-state index contributed by atoms with van der Waals surface area (Å²) in [7, 11) is 0. The van der Waals surface area contributed by atoms with Gasteiger partial charge in [0.15, 0.2) is 0 Å². The van der Waals surface area contributed by atoms with Crippen molar-refractivity contribution in [1.29, 1.82) is 0 Å². The molecule has 0 amide bonds. The molecule has 0 radical (unpaired) electrons. The third-order valence-corrected chi connectivity index (χ3v) is 0.455. The molecule has 0 aliphatic rings. The minimum atomic E-state index is 0. The van der Waals surface area contributed by atoms with E-state index in [1.54, 1.807) is 13.0 Å². The molecule has 0 aromatic heterocycles. The van der Waals surface area contributed by atoms with Gasteiger partial charge in [-0.2, -0.15) is 6.92 Å². The number of hydrogen-bond acceptors (Lipinski definition) is 0. The van der Waals surface area contributed by atoms with E-state index >= 15 is 0 Å². The molecule has 0 atom stereocenters. The molecule has 0 aromatic rings. The third-order valence-electron chi connectivity index (χ3n) is 0.455. The standard InChI is InChI=1S/C5H9.C2H5.U/c1-3-5-4-2;1-2;/h1,3H,4-5H2,2H3;1H2,2H3;/q2*-1;+2. The molecule has 0 aliphatic heterocycles. The Bertz CT molecular complexity index is 25.6. The predicted octanol–water partition coefficient (Wildman–Crippen LogP) is 2.62. The van der Waals surface area contributed by atoms with Crippen LogP contribution in [0.1, 0.15) is 26.7 Å². The average molecular weight is 336 g/mol. The van der Waals surface area contributed by atoms with Crippen LogP contribution in [0.5, 0.6) is 0 Å². The van der Waals surface area contributed by atoms with Crippen LogP contribution in [0.2, 0.25) is 0 Å². The molecule has 0 heterocycles. The summed E-state index contributed by atoms with van der Waals surface area (Å²) in [5, 5.41) is 0. The van der Waals surface area contributed by atoms with Crippen LogP contribution in [0, 0.1) is 44.6 Å². The molecule has 46 valence electrons. The van der Waals surface area contributed by atoms with E-state index in [1.807, 2.05) is 0 Å². The fourth-order valence-corrected chi connectivity index (χ4v) is 0.167. The molecule has 0 saturated carbocycles. The van der Waals surface area contributed by atoms with E-state index < -0.39 is 0 Å². The van der Waals surface area contributed by atoms with Crippen molar-refractivity contribution in [3.63, 3.8) is 0 Å². The SMILES string of the molecule is [CH-]=CCCC.[CH2-]C.[U+2]. The molecule has 0 N–H and O–H groups in total. The van der Waals surface area contributed by atoms with Crippen LogP contribution >= 0.6 is 0 Å². The zero-order valence-corrected chi connectivity index (χ0v) is 9.94. The zero-order chi connectivity index (χ0) is 6.12. The Morgan fingerprint density at radius 2 is 1.88 bits per heavy atom. The van der Waals surface area contributed by atoms with Crippen molar-refractivity contribution in [3.8, 4) is 0 Å². The van der Waals surface area contributed by atoms with E-state index in [2.05, 4.69) is 13.8 Å². The second-order valence-corrected chi connectivity index (χ2v) is 1.02. The van der Waals surface area contributed by atoms with Gasteiger partial charge in [-0.05, 0) is 0 Å². The monoisotopic (exact) mass is 336 g/mol. The third kappa shape index (κ3) is 29.2. The van der Waals surface area contributed by atoms with Crippen molar-refractivity contribution in [3.05, 3.63) is 19.6 Å². The molecule has 0 nitrogen and oxygen atoms in total. The van der Waals surface area contributed by atoms with Crippen LogP contribution in [-0.2, 0) is 0 Å². The van der Waals surface area contributed by atoms with Gasteiger partial charge in [-0.15, -0.1) is 0 Å². The van der Waals surface area contributed by atoms with Crippen LogP contribution < -0.4 is 0 Å². The minimum Gasteiger partial charge on any atom is -0.518 e. The topological polar surface area (TPSA) is 0 Å². The number of allylic oxidation sites excluding steroid dienone is 1. The second-order valence-electron chi connectivity index (χ2n) is 1.02. The Kier molecular flexibility index (Phi) is 49.7. The molecule has 8 heavy (non-hydrogen) atoms. The van der Waals surface area contributed by atoms with Crippen LogP contribution in [0.25, 0.3) is 0 Å². The van der Waals surface area contributed by atoms with Crippen molar-refractivity contribution in [2.45, 2.75) is 26.7 Å². The summed E-state index contributed by atoms with van der Waals surface area (Å²) >= 11 is 0. The van der Waals surface area contributed by atoms with E-state index in [0.29, 0.717) is 0 Å². The molecule has 0 bridgehead atoms. The van der Waals surface area contributed by atoms with Gasteiger partial charge in [-0.3, -0.25) is 6.08 Å². The van der Waals surface area contributed by atoms with Gasteiger partial charge in [-0.25, -0.2) is 0 Å². The Labute approximate surface area is 77.1 Å². The average Bonchev–Trinajstić information content (AvgIpc) is 1.75. The van der Waals surface area contributed by atoms with E-state index in [-0.39, 0.29) is 31.1 Å². The van der Waals surface area contributed by atoms with Gasteiger partial charge in [0.05, 0.1) is 0 Å². The first kappa shape index (κ1) is 15.9. The Balaban J connectivity index is -0.0000000750. The van der Waals surface area contributed by atoms with Gasteiger partial charge in [0.25, 0.3) is 0 Å². The predicted molar refractivity (Wildman–Crippen MR) is 34.8 cm³/mol. The second kappa shape index (κ2) is 25.0. The fourth-order valence-electron chi connectivity index (χ4n) is 0.167. The van der Waals surface area contributed by atoms with Gasteiger partial charge in [0.2, 0.25) is 0 Å². The van der Waals surface area contributed by atoms with E-state index in [4.69, 9.17) is 6.58 Å². The summed E-state index contributed by atoms with van der Waals surface area (Å²) in [6.45, 7) is 12.1. The smallest absolute Gasteiger partial charge is 0.518 e. The maximum atomic E-state index is 5.01. The number of rotatable bonds is 2. The van der Waals surface area contributed by atoms with Crippen molar-refractivity contribution in [2.24, 2.45) is 0 Å². The first-order chi connectivity index (χ1) is 3.41.